The first-order valence-electron chi connectivity index (χ1n) is 7.82. The molecule has 2 heterocycles. The minimum absolute atomic E-state index is 0.223. The van der Waals surface area contributed by atoms with Crippen LogP contribution in [0.3, 0.4) is 0 Å². The van der Waals surface area contributed by atoms with E-state index in [4.69, 9.17) is 0 Å². The molecule has 0 radical (unpaired) electrons. The summed E-state index contributed by atoms with van der Waals surface area (Å²) in [7, 11) is 0. The number of likely N-dealkylation sites (tertiary alicyclic amines) is 1. The number of amides is 1. The predicted octanol–water partition coefficient (Wildman–Crippen LogP) is 3.08. The van der Waals surface area contributed by atoms with Crippen LogP contribution in [0.25, 0.3) is 0 Å². The lowest BCUT2D eigenvalue weighted by atomic mass is 9.92. The van der Waals surface area contributed by atoms with Gasteiger partial charge in [-0.2, -0.15) is 0 Å². The van der Waals surface area contributed by atoms with Gasteiger partial charge in [0.25, 0.3) is 0 Å². The van der Waals surface area contributed by atoms with Gasteiger partial charge in [-0.1, -0.05) is 30.3 Å². The number of aromatic nitrogens is 2. The molecule has 1 aromatic heterocycles. The lowest BCUT2D eigenvalue weighted by Gasteiger charge is -2.20. The highest BCUT2D eigenvalue weighted by Gasteiger charge is 2.23. The third kappa shape index (κ3) is 3.50. The molecule has 1 aliphatic heterocycles. The van der Waals surface area contributed by atoms with Gasteiger partial charge in [-0.25, -0.2) is 0 Å². The van der Waals surface area contributed by atoms with Gasteiger partial charge in [0, 0.05) is 19.2 Å². The Morgan fingerprint density at radius 3 is 2.68 bits per heavy atom. The molecule has 22 heavy (non-hydrogen) atoms. The Morgan fingerprint density at radius 2 is 1.95 bits per heavy atom. The number of benzene rings is 1. The van der Waals surface area contributed by atoms with Crippen LogP contribution in [0.15, 0.2) is 42.7 Å². The summed E-state index contributed by atoms with van der Waals surface area (Å²) < 4.78 is 0. The third-order valence-electron chi connectivity index (χ3n) is 4.27. The number of hydrogen-bond acceptors (Lipinski definition) is 3. The van der Waals surface area contributed by atoms with E-state index >= 15 is 0 Å². The fourth-order valence-corrected chi connectivity index (χ4v) is 2.96. The van der Waals surface area contributed by atoms with Crippen molar-refractivity contribution >= 4 is 5.91 Å². The number of carbonyl (C=O) groups excluding carboxylic acids is 1. The van der Waals surface area contributed by atoms with E-state index in [1.807, 2.05) is 17.9 Å². The van der Waals surface area contributed by atoms with Crippen molar-refractivity contribution in [2.45, 2.75) is 38.6 Å². The van der Waals surface area contributed by atoms with E-state index in [1.165, 1.54) is 5.56 Å². The van der Waals surface area contributed by atoms with E-state index in [-0.39, 0.29) is 5.91 Å². The topological polar surface area (TPSA) is 46.1 Å². The van der Waals surface area contributed by atoms with Crippen molar-refractivity contribution in [2.24, 2.45) is 0 Å². The van der Waals surface area contributed by atoms with E-state index in [0.717, 1.165) is 30.8 Å². The van der Waals surface area contributed by atoms with E-state index in [1.54, 1.807) is 12.4 Å². The molecular formula is C18H21N3O. The van der Waals surface area contributed by atoms with Crippen LogP contribution in [0.2, 0.25) is 0 Å². The summed E-state index contributed by atoms with van der Waals surface area (Å²) in [6.45, 7) is 3.26. The molecule has 0 saturated carbocycles. The SMILES string of the molecule is Cc1cnc(CN2CCC(c3ccccc3)CCC2=O)cn1. The van der Waals surface area contributed by atoms with E-state index < -0.39 is 0 Å². The van der Waals surface area contributed by atoms with Gasteiger partial charge in [-0.3, -0.25) is 14.8 Å². The van der Waals surface area contributed by atoms with Crippen LogP contribution in [0.5, 0.6) is 0 Å². The molecule has 1 atom stereocenters. The molecule has 0 aliphatic carbocycles. The molecule has 1 unspecified atom stereocenters. The third-order valence-corrected chi connectivity index (χ3v) is 4.27. The molecule has 1 aromatic carbocycles. The Labute approximate surface area is 131 Å². The van der Waals surface area contributed by atoms with E-state index in [9.17, 15) is 4.79 Å². The summed E-state index contributed by atoms with van der Waals surface area (Å²) in [5.74, 6) is 0.694. The van der Waals surface area contributed by atoms with Crippen LogP contribution in [0.4, 0.5) is 0 Å². The predicted molar refractivity (Wildman–Crippen MR) is 85.2 cm³/mol. The fourth-order valence-electron chi connectivity index (χ4n) is 2.96. The summed E-state index contributed by atoms with van der Waals surface area (Å²) in [6, 6.07) is 10.5. The summed E-state index contributed by atoms with van der Waals surface area (Å²) in [5.41, 5.74) is 3.10. The van der Waals surface area contributed by atoms with Gasteiger partial charge in [0.15, 0.2) is 0 Å². The van der Waals surface area contributed by atoms with Crippen molar-refractivity contribution in [3.05, 3.63) is 59.7 Å². The van der Waals surface area contributed by atoms with Crippen LogP contribution >= 0.6 is 0 Å². The van der Waals surface area contributed by atoms with Gasteiger partial charge < -0.3 is 4.90 Å². The zero-order valence-corrected chi connectivity index (χ0v) is 12.9. The Kier molecular flexibility index (Phi) is 4.47. The number of aryl methyl sites for hydroxylation is 1. The Hall–Kier alpha value is -2.23. The highest BCUT2D eigenvalue weighted by atomic mass is 16.2. The largest absolute Gasteiger partial charge is 0.337 e. The second-order valence-corrected chi connectivity index (χ2v) is 5.90. The molecule has 3 rings (SSSR count). The second-order valence-electron chi connectivity index (χ2n) is 5.90. The first-order valence-corrected chi connectivity index (χ1v) is 7.82. The van der Waals surface area contributed by atoms with Crippen LogP contribution < -0.4 is 0 Å². The Morgan fingerprint density at radius 1 is 1.14 bits per heavy atom. The van der Waals surface area contributed by atoms with Crippen LogP contribution in [0.1, 0.15) is 42.1 Å². The molecule has 1 fully saturated rings. The molecule has 0 N–H and O–H groups in total. The Bertz CT molecular complexity index is 625. The molecule has 2 aromatic rings. The highest BCUT2D eigenvalue weighted by molar-refractivity contribution is 5.76. The highest BCUT2D eigenvalue weighted by Crippen LogP contribution is 2.28. The number of hydrogen-bond donors (Lipinski definition) is 0. The molecule has 1 saturated heterocycles. The molecule has 1 amide bonds. The van der Waals surface area contributed by atoms with Crippen molar-refractivity contribution in [1.82, 2.24) is 14.9 Å². The fraction of sp³-hybridized carbons (Fsp3) is 0.389. The molecule has 1 aliphatic rings. The minimum atomic E-state index is 0.223. The zero-order chi connectivity index (χ0) is 15.4. The molecular weight excluding hydrogens is 274 g/mol. The van der Waals surface area contributed by atoms with Crippen molar-refractivity contribution in [3.63, 3.8) is 0 Å². The van der Waals surface area contributed by atoms with Crippen LogP contribution in [0, 0.1) is 6.92 Å². The van der Waals surface area contributed by atoms with Gasteiger partial charge in [-0.15, -0.1) is 0 Å². The van der Waals surface area contributed by atoms with Crippen LogP contribution in [-0.2, 0) is 11.3 Å². The van der Waals surface area contributed by atoms with Gasteiger partial charge >= 0.3 is 0 Å². The lowest BCUT2D eigenvalue weighted by molar-refractivity contribution is -0.131. The van der Waals surface area contributed by atoms with E-state index in [0.29, 0.717) is 18.9 Å². The van der Waals surface area contributed by atoms with E-state index in [2.05, 4.69) is 34.2 Å². The first-order chi connectivity index (χ1) is 10.7. The maximum Gasteiger partial charge on any atom is 0.222 e. The lowest BCUT2D eigenvalue weighted by Crippen LogP contribution is -2.30. The maximum atomic E-state index is 12.3. The van der Waals surface area contributed by atoms with Gasteiger partial charge in [0.1, 0.15) is 0 Å². The summed E-state index contributed by atoms with van der Waals surface area (Å²) in [6.07, 6.45) is 6.07. The minimum Gasteiger partial charge on any atom is -0.337 e. The van der Waals surface area contributed by atoms with Crippen molar-refractivity contribution < 1.29 is 4.79 Å². The first kappa shape index (κ1) is 14.7. The monoisotopic (exact) mass is 295 g/mol. The van der Waals surface area contributed by atoms with Gasteiger partial charge in [-0.05, 0) is 31.2 Å². The number of carbonyl (C=O) groups is 1. The standard InChI is InChI=1S/C18H21N3O/c1-14-11-20-17(12-19-14)13-21-10-9-16(7-8-18(21)22)15-5-3-2-4-6-15/h2-6,11-12,16H,7-10,13H2,1H3. The van der Waals surface area contributed by atoms with Crippen molar-refractivity contribution in [3.8, 4) is 0 Å². The van der Waals surface area contributed by atoms with Crippen LogP contribution in [-0.4, -0.2) is 27.3 Å². The molecule has 0 bridgehead atoms. The normalized spacial score (nSPS) is 19.0. The summed E-state index contributed by atoms with van der Waals surface area (Å²) in [4.78, 5) is 22.9. The second kappa shape index (κ2) is 6.69. The quantitative estimate of drug-likeness (QED) is 0.874. The molecule has 0 spiro atoms. The summed E-state index contributed by atoms with van der Waals surface area (Å²) in [5, 5.41) is 0. The smallest absolute Gasteiger partial charge is 0.222 e. The molecule has 4 heteroatoms. The average molecular weight is 295 g/mol. The summed E-state index contributed by atoms with van der Waals surface area (Å²) >= 11 is 0. The van der Waals surface area contributed by atoms with Crippen molar-refractivity contribution in [1.29, 1.82) is 0 Å². The molecule has 114 valence electrons. The zero-order valence-electron chi connectivity index (χ0n) is 12.9. The molecule has 4 nitrogen and oxygen atoms in total. The average Bonchev–Trinajstić information content (AvgIpc) is 2.73. The maximum absolute atomic E-state index is 12.3. The number of rotatable bonds is 3. The van der Waals surface area contributed by atoms with Gasteiger partial charge in [0.2, 0.25) is 5.91 Å². The van der Waals surface area contributed by atoms with Gasteiger partial charge in [0.05, 0.1) is 24.1 Å². The van der Waals surface area contributed by atoms with Crippen molar-refractivity contribution in [2.75, 3.05) is 6.54 Å². The number of nitrogens with zero attached hydrogens (tertiary/aromatic N) is 3. The Balaban J connectivity index is 1.67.